The first-order valence-corrected chi connectivity index (χ1v) is 12.1. The standard InChI is InChI=1S/C27H33N5O2/c1-34-24-12-6-5-11-23(24)25(33)29-19-27(21-9-3-2-4-10-21)15-13-22(14-16-27)31-26(30-20-28)32-17-7-8-18-32/h2-6,9-12,22H,7-8,13-19H2,1H3,(H,29,33)(H,30,31)/t22-,27-. The maximum atomic E-state index is 13.0. The van der Waals surface area contributed by atoms with Crippen LogP contribution in [0.5, 0.6) is 5.75 Å². The van der Waals surface area contributed by atoms with Crippen molar-refractivity contribution < 1.29 is 9.53 Å². The summed E-state index contributed by atoms with van der Waals surface area (Å²) in [6.45, 7) is 2.46. The third kappa shape index (κ3) is 5.33. The van der Waals surface area contributed by atoms with Gasteiger partial charge < -0.3 is 20.3 Å². The molecule has 2 N–H and O–H groups in total. The zero-order valence-electron chi connectivity index (χ0n) is 19.8. The van der Waals surface area contributed by atoms with Crippen LogP contribution in [0.1, 0.15) is 54.4 Å². The highest BCUT2D eigenvalue weighted by Gasteiger charge is 2.38. The number of nitrogens with zero attached hydrogens (tertiary/aromatic N) is 3. The van der Waals surface area contributed by atoms with Crippen molar-refractivity contribution in [3.63, 3.8) is 0 Å². The number of likely N-dealkylation sites (tertiary alicyclic amines) is 1. The molecule has 178 valence electrons. The molecule has 34 heavy (non-hydrogen) atoms. The molecule has 1 aliphatic heterocycles. The van der Waals surface area contributed by atoms with E-state index >= 15 is 0 Å². The molecule has 1 saturated heterocycles. The maximum absolute atomic E-state index is 13.0. The average Bonchev–Trinajstić information content (AvgIpc) is 3.43. The highest BCUT2D eigenvalue weighted by Crippen LogP contribution is 2.39. The predicted octanol–water partition coefficient (Wildman–Crippen LogP) is 3.83. The molecule has 4 rings (SSSR count). The molecule has 2 aliphatic rings. The van der Waals surface area contributed by atoms with Gasteiger partial charge in [-0.2, -0.15) is 5.26 Å². The van der Waals surface area contributed by atoms with Crippen LogP contribution in [-0.4, -0.2) is 49.6 Å². The van der Waals surface area contributed by atoms with Crippen LogP contribution in [0.3, 0.4) is 0 Å². The van der Waals surface area contributed by atoms with Gasteiger partial charge in [-0.1, -0.05) is 42.5 Å². The second-order valence-corrected chi connectivity index (χ2v) is 9.18. The minimum absolute atomic E-state index is 0.120. The molecular weight excluding hydrogens is 426 g/mol. The molecule has 0 aromatic heterocycles. The molecular formula is C27H33N5O2. The maximum Gasteiger partial charge on any atom is 0.255 e. The van der Waals surface area contributed by atoms with Crippen molar-refractivity contribution in [1.82, 2.24) is 15.5 Å². The van der Waals surface area contributed by atoms with E-state index in [0.29, 0.717) is 23.8 Å². The number of benzene rings is 2. The van der Waals surface area contributed by atoms with Gasteiger partial charge in [0.2, 0.25) is 12.2 Å². The third-order valence-electron chi connectivity index (χ3n) is 7.16. The summed E-state index contributed by atoms with van der Waals surface area (Å²) in [7, 11) is 1.58. The molecule has 1 heterocycles. The highest BCUT2D eigenvalue weighted by atomic mass is 16.5. The molecule has 0 atom stereocenters. The lowest BCUT2D eigenvalue weighted by atomic mass is 9.68. The van der Waals surface area contributed by atoms with Crippen LogP contribution in [0.15, 0.2) is 59.6 Å². The van der Waals surface area contributed by atoms with Gasteiger partial charge in [0.25, 0.3) is 5.91 Å². The molecule has 2 fully saturated rings. The summed E-state index contributed by atoms with van der Waals surface area (Å²) in [6, 6.07) is 18.0. The van der Waals surface area contributed by atoms with E-state index in [4.69, 9.17) is 10.00 Å². The summed E-state index contributed by atoms with van der Waals surface area (Å²) in [5, 5.41) is 15.9. The second-order valence-electron chi connectivity index (χ2n) is 9.18. The number of carbonyl (C=O) groups is 1. The normalized spacial score (nSPS) is 22.6. The van der Waals surface area contributed by atoms with Crippen molar-refractivity contribution in [3.05, 3.63) is 65.7 Å². The van der Waals surface area contributed by atoms with Crippen LogP contribution in [0, 0.1) is 11.5 Å². The second kappa shape index (κ2) is 11.1. The summed E-state index contributed by atoms with van der Waals surface area (Å²) in [5.74, 6) is 1.17. The van der Waals surface area contributed by atoms with Gasteiger partial charge in [-0.15, -0.1) is 4.99 Å². The Kier molecular flexibility index (Phi) is 7.69. The predicted molar refractivity (Wildman–Crippen MR) is 133 cm³/mol. The first-order chi connectivity index (χ1) is 16.6. The summed E-state index contributed by atoms with van der Waals surface area (Å²) in [6.07, 6.45) is 7.98. The van der Waals surface area contributed by atoms with Crippen molar-refractivity contribution in [1.29, 1.82) is 5.26 Å². The van der Waals surface area contributed by atoms with Crippen LogP contribution in [0.25, 0.3) is 0 Å². The number of carbonyl (C=O) groups excluding carboxylic acids is 1. The molecule has 0 spiro atoms. The van der Waals surface area contributed by atoms with Crippen molar-refractivity contribution in [2.75, 3.05) is 26.7 Å². The molecule has 2 aromatic rings. The number of aliphatic imine (C=N–C) groups is 1. The SMILES string of the molecule is COc1ccccc1C(=O)NC[C@]1(c2ccccc2)CC[C@H](N/C(=N\C#N)N2CCCC2)CC1. The quantitative estimate of drug-likeness (QED) is 0.389. The Hall–Kier alpha value is -3.53. The number of methoxy groups -OCH3 is 1. The number of rotatable bonds is 6. The van der Waals surface area contributed by atoms with Crippen molar-refractivity contribution >= 4 is 11.9 Å². The van der Waals surface area contributed by atoms with Gasteiger partial charge >= 0.3 is 0 Å². The van der Waals surface area contributed by atoms with Gasteiger partial charge in [0.05, 0.1) is 12.7 Å². The van der Waals surface area contributed by atoms with Crippen molar-refractivity contribution in [2.45, 2.75) is 50.0 Å². The lowest BCUT2D eigenvalue weighted by molar-refractivity contribution is 0.0932. The molecule has 2 aromatic carbocycles. The highest BCUT2D eigenvalue weighted by molar-refractivity contribution is 5.97. The number of para-hydroxylation sites is 1. The molecule has 0 unspecified atom stereocenters. The fourth-order valence-corrected chi connectivity index (χ4v) is 5.20. The van der Waals surface area contributed by atoms with Gasteiger partial charge in [-0.05, 0) is 56.2 Å². The van der Waals surface area contributed by atoms with E-state index in [-0.39, 0.29) is 17.4 Å². The van der Waals surface area contributed by atoms with E-state index < -0.39 is 0 Å². The van der Waals surface area contributed by atoms with Crippen LogP contribution in [0.2, 0.25) is 0 Å². The van der Waals surface area contributed by atoms with E-state index in [1.54, 1.807) is 19.2 Å². The summed E-state index contributed by atoms with van der Waals surface area (Å²) >= 11 is 0. The molecule has 1 aliphatic carbocycles. The Balaban J connectivity index is 1.46. The zero-order valence-corrected chi connectivity index (χ0v) is 19.8. The molecule has 1 saturated carbocycles. The van der Waals surface area contributed by atoms with Gasteiger partial charge in [-0.25, -0.2) is 0 Å². The largest absolute Gasteiger partial charge is 0.496 e. The Morgan fingerprint density at radius 2 is 1.79 bits per heavy atom. The summed E-state index contributed by atoms with van der Waals surface area (Å²) in [4.78, 5) is 19.3. The Morgan fingerprint density at radius 1 is 1.12 bits per heavy atom. The van der Waals surface area contributed by atoms with E-state index in [2.05, 4.69) is 44.8 Å². The van der Waals surface area contributed by atoms with Gasteiger partial charge in [0.1, 0.15) is 5.75 Å². The van der Waals surface area contributed by atoms with Gasteiger partial charge in [0, 0.05) is 31.1 Å². The lowest BCUT2D eigenvalue weighted by Gasteiger charge is -2.41. The Labute approximate surface area is 201 Å². The summed E-state index contributed by atoms with van der Waals surface area (Å²) < 4.78 is 5.37. The van der Waals surface area contributed by atoms with E-state index in [1.165, 1.54) is 5.56 Å². The number of nitrogens with one attached hydrogen (secondary N) is 2. The van der Waals surface area contributed by atoms with Crippen LogP contribution >= 0.6 is 0 Å². The van der Waals surface area contributed by atoms with E-state index in [1.807, 2.05) is 24.4 Å². The van der Waals surface area contributed by atoms with Gasteiger partial charge in [-0.3, -0.25) is 4.79 Å². The first kappa shape index (κ1) is 23.6. The monoisotopic (exact) mass is 459 g/mol. The molecule has 0 radical (unpaired) electrons. The lowest BCUT2D eigenvalue weighted by Crippen LogP contribution is -2.50. The number of hydrogen-bond donors (Lipinski definition) is 2. The zero-order chi connectivity index (χ0) is 23.8. The number of amides is 1. The summed E-state index contributed by atoms with van der Waals surface area (Å²) in [5.41, 5.74) is 1.66. The van der Waals surface area contributed by atoms with Crippen molar-refractivity contribution in [3.8, 4) is 11.9 Å². The smallest absolute Gasteiger partial charge is 0.255 e. The van der Waals surface area contributed by atoms with E-state index in [9.17, 15) is 4.79 Å². The van der Waals surface area contributed by atoms with Crippen LogP contribution < -0.4 is 15.4 Å². The fourth-order valence-electron chi connectivity index (χ4n) is 5.20. The minimum Gasteiger partial charge on any atom is -0.496 e. The minimum atomic E-state index is -0.142. The number of ether oxygens (including phenoxy) is 1. The Bertz CT molecular complexity index is 1030. The molecule has 7 nitrogen and oxygen atoms in total. The number of nitriles is 1. The van der Waals surface area contributed by atoms with Crippen LogP contribution in [0.4, 0.5) is 0 Å². The number of guanidine groups is 1. The number of hydrogen-bond acceptors (Lipinski definition) is 4. The topological polar surface area (TPSA) is 89.7 Å². The molecule has 7 heteroatoms. The average molecular weight is 460 g/mol. The fraction of sp³-hybridized carbons (Fsp3) is 0.444. The first-order valence-electron chi connectivity index (χ1n) is 12.1. The Morgan fingerprint density at radius 3 is 2.47 bits per heavy atom. The van der Waals surface area contributed by atoms with E-state index in [0.717, 1.165) is 51.6 Å². The molecule has 1 amide bonds. The third-order valence-corrected chi connectivity index (χ3v) is 7.16. The molecule has 0 bridgehead atoms. The van der Waals surface area contributed by atoms with Gasteiger partial charge in [0.15, 0.2) is 0 Å². The van der Waals surface area contributed by atoms with Crippen molar-refractivity contribution in [2.24, 2.45) is 4.99 Å². The van der Waals surface area contributed by atoms with Crippen LogP contribution in [-0.2, 0) is 5.41 Å².